The zero-order valence-electron chi connectivity index (χ0n) is 12.4. The van der Waals surface area contributed by atoms with Crippen molar-refractivity contribution >= 4 is 11.8 Å². The van der Waals surface area contributed by atoms with Crippen LogP contribution in [0.25, 0.3) is 0 Å². The van der Waals surface area contributed by atoms with E-state index in [0.29, 0.717) is 6.04 Å². The molecule has 1 aliphatic rings. The van der Waals surface area contributed by atoms with Gasteiger partial charge in [0.1, 0.15) is 0 Å². The number of benzene rings is 1. The topological polar surface area (TPSA) is 15.3 Å². The van der Waals surface area contributed by atoms with Gasteiger partial charge in [-0.1, -0.05) is 37.3 Å². The second kappa shape index (κ2) is 6.78. The number of piperazine rings is 1. The lowest BCUT2D eigenvalue weighted by Crippen LogP contribution is -2.59. The molecule has 0 saturated carbocycles. The molecule has 2 atom stereocenters. The van der Waals surface area contributed by atoms with Crippen LogP contribution in [0, 0.1) is 0 Å². The second-order valence-corrected chi connectivity index (χ2v) is 6.67. The molecule has 0 radical (unpaired) electrons. The predicted octanol–water partition coefficient (Wildman–Crippen LogP) is 3.16. The van der Waals surface area contributed by atoms with E-state index in [1.165, 1.54) is 24.3 Å². The fourth-order valence-electron chi connectivity index (χ4n) is 2.77. The minimum absolute atomic E-state index is 0.268. The average Bonchev–Trinajstić information content (AvgIpc) is 2.46. The van der Waals surface area contributed by atoms with E-state index in [1.54, 1.807) is 0 Å². The van der Waals surface area contributed by atoms with Gasteiger partial charge in [-0.05, 0) is 25.2 Å². The van der Waals surface area contributed by atoms with Gasteiger partial charge in [-0.2, -0.15) is 11.8 Å². The molecule has 106 valence electrons. The minimum atomic E-state index is 0.268. The average molecular weight is 278 g/mol. The summed E-state index contributed by atoms with van der Waals surface area (Å²) < 4.78 is 0. The number of hydrogen-bond donors (Lipinski definition) is 1. The Balaban J connectivity index is 2.13. The summed E-state index contributed by atoms with van der Waals surface area (Å²) in [4.78, 5) is 2.66. The summed E-state index contributed by atoms with van der Waals surface area (Å²) in [6.07, 6.45) is 3.38. The Hall–Kier alpha value is -0.510. The molecule has 1 aromatic rings. The lowest BCUT2D eigenvalue weighted by atomic mass is 9.91. The molecule has 0 bridgehead atoms. The van der Waals surface area contributed by atoms with Gasteiger partial charge in [-0.15, -0.1) is 0 Å². The summed E-state index contributed by atoms with van der Waals surface area (Å²) in [6.45, 7) is 8.01. The van der Waals surface area contributed by atoms with Gasteiger partial charge in [0, 0.05) is 37.0 Å². The highest BCUT2D eigenvalue weighted by molar-refractivity contribution is 7.98. The zero-order chi connectivity index (χ0) is 13.7. The standard InChI is InChI=1S/C16H26N2S/c1-4-16(2)13-18(10-11-19-3)15(12-17-16)14-8-6-5-7-9-14/h5-9,15,17H,4,10-13H2,1-3H3. The highest BCUT2D eigenvalue weighted by atomic mass is 32.2. The smallest absolute Gasteiger partial charge is 0.0473 e. The molecule has 2 rings (SSSR count). The quantitative estimate of drug-likeness (QED) is 0.890. The maximum atomic E-state index is 3.75. The molecule has 2 unspecified atom stereocenters. The molecule has 0 spiro atoms. The van der Waals surface area contributed by atoms with Crippen LogP contribution in [0.1, 0.15) is 31.9 Å². The first kappa shape index (κ1) is 14.9. The monoisotopic (exact) mass is 278 g/mol. The van der Waals surface area contributed by atoms with Crippen molar-refractivity contribution in [3.05, 3.63) is 35.9 Å². The highest BCUT2D eigenvalue weighted by Crippen LogP contribution is 2.28. The van der Waals surface area contributed by atoms with E-state index in [2.05, 4.69) is 60.7 Å². The van der Waals surface area contributed by atoms with Gasteiger partial charge in [0.15, 0.2) is 0 Å². The van der Waals surface area contributed by atoms with E-state index in [0.717, 1.165) is 13.1 Å². The Bertz CT molecular complexity index is 382. The highest BCUT2D eigenvalue weighted by Gasteiger charge is 2.34. The molecule has 1 aliphatic heterocycles. The van der Waals surface area contributed by atoms with Crippen LogP contribution in [-0.2, 0) is 0 Å². The van der Waals surface area contributed by atoms with Crippen LogP contribution >= 0.6 is 11.8 Å². The van der Waals surface area contributed by atoms with E-state index >= 15 is 0 Å². The largest absolute Gasteiger partial charge is 0.308 e. The molecular formula is C16H26N2S. The Morgan fingerprint density at radius 2 is 2.11 bits per heavy atom. The van der Waals surface area contributed by atoms with Crippen molar-refractivity contribution < 1.29 is 0 Å². The number of hydrogen-bond acceptors (Lipinski definition) is 3. The zero-order valence-corrected chi connectivity index (χ0v) is 13.2. The Morgan fingerprint density at radius 1 is 1.37 bits per heavy atom. The molecular weight excluding hydrogens is 252 g/mol. The summed E-state index contributed by atoms with van der Waals surface area (Å²) in [5, 5.41) is 3.75. The number of nitrogens with zero attached hydrogens (tertiary/aromatic N) is 1. The van der Waals surface area contributed by atoms with Crippen LogP contribution in [0.3, 0.4) is 0 Å². The third-order valence-electron chi connectivity index (χ3n) is 4.26. The third-order valence-corrected chi connectivity index (χ3v) is 4.85. The molecule has 1 N–H and O–H groups in total. The summed E-state index contributed by atoms with van der Waals surface area (Å²) in [5.74, 6) is 1.21. The molecule has 0 aliphatic carbocycles. The number of rotatable bonds is 5. The molecule has 1 aromatic carbocycles. The van der Waals surface area contributed by atoms with Crippen LogP contribution in [0.4, 0.5) is 0 Å². The fraction of sp³-hybridized carbons (Fsp3) is 0.625. The van der Waals surface area contributed by atoms with Crippen molar-refractivity contribution in [2.45, 2.75) is 31.8 Å². The summed E-state index contributed by atoms with van der Waals surface area (Å²) in [5.41, 5.74) is 1.71. The molecule has 1 saturated heterocycles. The van der Waals surface area contributed by atoms with Crippen LogP contribution in [0.2, 0.25) is 0 Å². The van der Waals surface area contributed by atoms with Gasteiger partial charge >= 0.3 is 0 Å². The summed E-state index contributed by atoms with van der Waals surface area (Å²) in [6, 6.07) is 11.4. The van der Waals surface area contributed by atoms with Crippen molar-refractivity contribution in [1.29, 1.82) is 0 Å². The van der Waals surface area contributed by atoms with Gasteiger partial charge in [0.2, 0.25) is 0 Å². The van der Waals surface area contributed by atoms with Crippen LogP contribution in [0.5, 0.6) is 0 Å². The lowest BCUT2D eigenvalue weighted by Gasteiger charge is -2.46. The Morgan fingerprint density at radius 3 is 2.74 bits per heavy atom. The summed E-state index contributed by atoms with van der Waals surface area (Å²) in [7, 11) is 0. The summed E-state index contributed by atoms with van der Waals surface area (Å²) >= 11 is 1.94. The second-order valence-electron chi connectivity index (χ2n) is 5.68. The van der Waals surface area contributed by atoms with E-state index in [1.807, 2.05) is 11.8 Å². The lowest BCUT2D eigenvalue weighted by molar-refractivity contribution is 0.0905. The molecule has 0 amide bonds. The molecule has 19 heavy (non-hydrogen) atoms. The first-order valence-electron chi connectivity index (χ1n) is 7.21. The van der Waals surface area contributed by atoms with Crippen molar-refractivity contribution in [3.63, 3.8) is 0 Å². The number of thioether (sulfide) groups is 1. The van der Waals surface area contributed by atoms with Crippen molar-refractivity contribution in [3.8, 4) is 0 Å². The van der Waals surface area contributed by atoms with Crippen LogP contribution in [0.15, 0.2) is 30.3 Å². The number of nitrogens with one attached hydrogen (secondary N) is 1. The molecule has 2 nitrogen and oxygen atoms in total. The van der Waals surface area contributed by atoms with Gasteiger partial charge < -0.3 is 5.32 Å². The predicted molar refractivity (Wildman–Crippen MR) is 85.8 cm³/mol. The van der Waals surface area contributed by atoms with Crippen molar-refractivity contribution in [2.75, 3.05) is 31.6 Å². The van der Waals surface area contributed by atoms with Crippen molar-refractivity contribution in [1.82, 2.24) is 10.2 Å². The molecule has 0 aromatic heterocycles. The normalized spacial score (nSPS) is 28.5. The first-order chi connectivity index (χ1) is 9.18. The van der Waals surface area contributed by atoms with E-state index in [-0.39, 0.29) is 5.54 Å². The van der Waals surface area contributed by atoms with Gasteiger partial charge in [-0.25, -0.2) is 0 Å². The van der Waals surface area contributed by atoms with E-state index < -0.39 is 0 Å². The fourth-order valence-corrected chi connectivity index (χ4v) is 3.19. The van der Waals surface area contributed by atoms with Crippen molar-refractivity contribution in [2.24, 2.45) is 0 Å². The SMILES string of the molecule is CCC1(C)CN(CCSC)C(c2ccccc2)CN1. The Kier molecular flexibility index (Phi) is 5.31. The van der Waals surface area contributed by atoms with E-state index in [4.69, 9.17) is 0 Å². The molecule has 1 heterocycles. The van der Waals surface area contributed by atoms with E-state index in [9.17, 15) is 0 Å². The van der Waals surface area contributed by atoms with Crippen LogP contribution in [-0.4, -0.2) is 42.1 Å². The van der Waals surface area contributed by atoms with Gasteiger partial charge in [0.25, 0.3) is 0 Å². The van der Waals surface area contributed by atoms with Gasteiger partial charge in [-0.3, -0.25) is 4.90 Å². The molecule has 1 fully saturated rings. The molecule has 3 heteroatoms. The van der Waals surface area contributed by atoms with Gasteiger partial charge in [0.05, 0.1) is 0 Å². The minimum Gasteiger partial charge on any atom is -0.308 e. The third kappa shape index (κ3) is 3.74. The maximum Gasteiger partial charge on any atom is 0.0473 e. The maximum absolute atomic E-state index is 3.75. The first-order valence-corrected chi connectivity index (χ1v) is 8.61. The Labute approximate surface area is 122 Å². The van der Waals surface area contributed by atoms with Crippen LogP contribution < -0.4 is 5.32 Å².